The molecule has 0 atom stereocenters. The molecule has 0 fully saturated rings. The summed E-state index contributed by atoms with van der Waals surface area (Å²) in [5.74, 6) is 1.09. The fourth-order valence-corrected chi connectivity index (χ4v) is 0.996. The smallest absolute Gasteiger partial charge is 0.217 e. The number of alkyl halides is 1. The lowest BCUT2D eigenvalue weighted by molar-refractivity contribution is 0.324. The molecule has 0 N–H and O–H groups in total. The van der Waals surface area contributed by atoms with E-state index >= 15 is 0 Å². The van der Waals surface area contributed by atoms with Crippen LogP contribution in [0.25, 0.3) is 0 Å². The molecule has 0 aliphatic rings. The average Bonchev–Trinajstić information content (AvgIpc) is 2.06. The predicted molar refractivity (Wildman–Crippen MR) is 45.0 cm³/mol. The first-order valence-electron chi connectivity index (χ1n) is 3.51. The molecule has 0 aliphatic carbocycles. The van der Waals surface area contributed by atoms with Crippen LogP contribution in [0.2, 0.25) is 0 Å². The van der Waals surface area contributed by atoms with Gasteiger partial charge in [0, 0.05) is 11.8 Å². The molecule has 0 aromatic carbocycles. The van der Waals surface area contributed by atoms with Gasteiger partial charge < -0.3 is 4.74 Å². The van der Waals surface area contributed by atoms with Crippen LogP contribution in [0.5, 0.6) is 5.88 Å². The van der Waals surface area contributed by atoms with Gasteiger partial charge in [-0.1, -0.05) is 6.07 Å². The zero-order valence-electron chi connectivity index (χ0n) is 6.38. The molecule has 11 heavy (non-hydrogen) atoms. The fourth-order valence-electron chi connectivity index (χ4n) is 0.793. The summed E-state index contributed by atoms with van der Waals surface area (Å²) < 4.78 is 5.23. The third-order valence-electron chi connectivity index (χ3n) is 1.27. The van der Waals surface area contributed by atoms with Crippen molar-refractivity contribution in [3.8, 4) is 5.88 Å². The molecule has 3 heteroatoms. The van der Waals surface area contributed by atoms with E-state index in [1.54, 1.807) is 6.20 Å². The van der Waals surface area contributed by atoms with E-state index in [1.165, 1.54) is 0 Å². The normalized spacial score (nSPS) is 9.64. The Hall–Kier alpha value is -0.760. The van der Waals surface area contributed by atoms with Gasteiger partial charge in [0.05, 0.1) is 12.5 Å². The summed E-state index contributed by atoms with van der Waals surface area (Å²) in [4.78, 5) is 4.03. The number of nitrogens with zero attached hydrogens (tertiary/aromatic N) is 1. The minimum Gasteiger partial charge on any atom is -0.478 e. The van der Waals surface area contributed by atoms with Gasteiger partial charge >= 0.3 is 0 Å². The average molecular weight is 172 g/mol. The summed E-state index contributed by atoms with van der Waals surface area (Å²) in [6.45, 7) is 2.55. The van der Waals surface area contributed by atoms with E-state index in [4.69, 9.17) is 16.3 Å². The van der Waals surface area contributed by atoms with Crippen molar-refractivity contribution in [1.82, 2.24) is 4.98 Å². The number of rotatable bonds is 3. The van der Waals surface area contributed by atoms with Gasteiger partial charge in [-0.3, -0.25) is 0 Å². The molecular formula is C8H10ClNO. The van der Waals surface area contributed by atoms with Crippen LogP contribution in [-0.4, -0.2) is 11.6 Å². The SMILES string of the molecule is CCOc1ncccc1CCl. The summed E-state index contributed by atoms with van der Waals surface area (Å²) in [5.41, 5.74) is 0.941. The third-order valence-corrected chi connectivity index (χ3v) is 1.56. The van der Waals surface area contributed by atoms with Crippen molar-refractivity contribution in [3.63, 3.8) is 0 Å². The van der Waals surface area contributed by atoms with Crippen molar-refractivity contribution in [3.05, 3.63) is 23.9 Å². The lowest BCUT2D eigenvalue weighted by atomic mass is 10.3. The second-order valence-electron chi connectivity index (χ2n) is 2.03. The highest BCUT2D eigenvalue weighted by Crippen LogP contribution is 2.15. The highest BCUT2D eigenvalue weighted by molar-refractivity contribution is 6.17. The first kappa shape index (κ1) is 8.34. The van der Waals surface area contributed by atoms with Gasteiger partial charge in [0.2, 0.25) is 5.88 Å². The van der Waals surface area contributed by atoms with Crippen molar-refractivity contribution >= 4 is 11.6 Å². The topological polar surface area (TPSA) is 22.1 Å². The maximum Gasteiger partial charge on any atom is 0.217 e. The number of aromatic nitrogens is 1. The molecule has 0 spiro atoms. The molecular weight excluding hydrogens is 162 g/mol. The molecule has 60 valence electrons. The molecule has 1 aromatic rings. The van der Waals surface area contributed by atoms with Gasteiger partial charge in [0.25, 0.3) is 0 Å². The molecule has 0 bridgehead atoms. The van der Waals surface area contributed by atoms with E-state index in [2.05, 4.69) is 4.98 Å². The van der Waals surface area contributed by atoms with E-state index in [0.29, 0.717) is 18.4 Å². The highest BCUT2D eigenvalue weighted by atomic mass is 35.5. The van der Waals surface area contributed by atoms with Crippen LogP contribution >= 0.6 is 11.6 Å². The van der Waals surface area contributed by atoms with Crippen LogP contribution in [-0.2, 0) is 5.88 Å². The molecule has 1 aromatic heterocycles. The summed E-state index contributed by atoms with van der Waals surface area (Å²) in [6, 6.07) is 3.76. The Morgan fingerprint density at radius 2 is 2.45 bits per heavy atom. The van der Waals surface area contributed by atoms with E-state index in [-0.39, 0.29) is 0 Å². The van der Waals surface area contributed by atoms with Crippen LogP contribution in [0.15, 0.2) is 18.3 Å². The zero-order valence-corrected chi connectivity index (χ0v) is 7.14. The van der Waals surface area contributed by atoms with Crippen LogP contribution in [0.1, 0.15) is 12.5 Å². The Morgan fingerprint density at radius 3 is 3.09 bits per heavy atom. The van der Waals surface area contributed by atoms with Crippen molar-refractivity contribution in [2.75, 3.05) is 6.61 Å². The number of hydrogen-bond donors (Lipinski definition) is 0. The lowest BCUT2D eigenvalue weighted by Crippen LogP contribution is -1.97. The Bertz CT molecular complexity index is 227. The van der Waals surface area contributed by atoms with Crippen LogP contribution in [0.3, 0.4) is 0 Å². The Labute approximate surface area is 71.2 Å². The molecule has 0 saturated heterocycles. The Balaban J connectivity index is 2.83. The standard InChI is InChI=1S/C8H10ClNO/c1-2-11-8-7(6-9)4-3-5-10-8/h3-5H,2,6H2,1H3. The summed E-state index contributed by atoms with van der Waals surface area (Å²) in [5, 5.41) is 0. The zero-order chi connectivity index (χ0) is 8.10. The van der Waals surface area contributed by atoms with Crippen LogP contribution in [0, 0.1) is 0 Å². The van der Waals surface area contributed by atoms with Crippen molar-refractivity contribution < 1.29 is 4.74 Å². The highest BCUT2D eigenvalue weighted by Gasteiger charge is 2.00. The van der Waals surface area contributed by atoms with Crippen molar-refractivity contribution in [2.24, 2.45) is 0 Å². The van der Waals surface area contributed by atoms with Crippen LogP contribution in [0.4, 0.5) is 0 Å². The Morgan fingerprint density at radius 1 is 1.64 bits per heavy atom. The molecule has 0 aliphatic heterocycles. The monoisotopic (exact) mass is 171 g/mol. The fraction of sp³-hybridized carbons (Fsp3) is 0.375. The lowest BCUT2D eigenvalue weighted by Gasteiger charge is -2.04. The van der Waals surface area contributed by atoms with E-state index < -0.39 is 0 Å². The molecule has 1 heterocycles. The van der Waals surface area contributed by atoms with Gasteiger partial charge in [-0.2, -0.15) is 0 Å². The van der Waals surface area contributed by atoms with Gasteiger partial charge in [-0.05, 0) is 13.0 Å². The number of hydrogen-bond acceptors (Lipinski definition) is 2. The van der Waals surface area contributed by atoms with Gasteiger partial charge in [-0.25, -0.2) is 4.98 Å². The maximum absolute atomic E-state index is 5.65. The largest absolute Gasteiger partial charge is 0.478 e. The van der Waals surface area contributed by atoms with Crippen LogP contribution < -0.4 is 4.74 Å². The molecule has 0 unspecified atom stereocenters. The summed E-state index contributed by atoms with van der Waals surface area (Å²) >= 11 is 5.65. The summed E-state index contributed by atoms with van der Waals surface area (Å²) in [7, 11) is 0. The quantitative estimate of drug-likeness (QED) is 0.651. The van der Waals surface area contributed by atoms with Gasteiger partial charge in [0.1, 0.15) is 0 Å². The van der Waals surface area contributed by atoms with Crippen molar-refractivity contribution in [1.29, 1.82) is 0 Å². The first-order chi connectivity index (χ1) is 5.38. The second kappa shape index (κ2) is 4.19. The van der Waals surface area contributed by atoms with E-state index in [9.17, 15) is 0 Å². The van der Waals surface area contributed by atoms with E-state index in [1.807, 2.05) is 19.1 Å². The first-order valence-corrected chi connectivity index (χ1v) is 4.04. The number of pyridine rings is 1. The molecule has 2 nitrogen and oxygen atoms in total. The number of halogens is 1. The number of ether oxygens (including phenoxy) is 1. The maximum atomic E-state index is 5.65. The molecule has 0 saturated carbocycles. The van der Waals surface area contributed by atoms with E-state index in [0.717, 1.165) is 5.56 Å². The van der Waals surface area contributed by atoms with Gasteiger partial charge in [-0.15, -0.1) is 11.6 Å². The minimum absolute atomic E-state index is 0.448. The van der Waals surface area contributed by atoms with Gasteiger partial charge in [0.15, 0.2) is 0 Å². The Kier molecular flexibility index (Phi) is 3.17. The molecule has 1 rings (SSSR count). The molecule has 0 amide bonds. The summed E-state index contributed by atoms with van der Waals surface area (Å²) in [6.07, 6.45) is 1.70. The third kappa shape index (κ3) is 2.09. The minimum atomic E-state index is 0.448. The second-order valence-corrected chi connectivity index (χ2v) is 2.30. The van der Waals surface area contributed by atoms with Crippen molar-refractivity contribution in [2.45, 2.75) is 12.8 Å². The predicted octanol–water partition coefficient (Wildman–Crippen LogP) is 2.22. The molecule has 0 radical (unpaired) electrons.